The zero-order valence-corrected chi connectivity index (χ0v) is 12.6. The van der Waals surface area contributed by atoms with E-state index in [1.54, 1.807) is 24.3 Å². The van der Waals surface area contributed by atoms with Crippen LogP contribution in [0.2, 0.25) is 0 Å². The van der Waals surface area contributed by atoms with E-state index in [4.69, 9.17) is 4.74 Å². The molecule has 0 N–H and O–H groups in total. The zero-order valence-electron chi connectivity index (χ0n) is 12.6. The van der Waals surface area contributed by atoms with Gasteiger partial charge in [-0.05, 0) is 30.2 Å². The van der Waals surface area contributed by atoms with Crippen LogP contribution in [0, 0.1) is 11.6 Å². The summed E-state index contributed by atoms with van der Waals surface area (Å²) >= 11 is 0. The van der Waals surface area contributed by atoms with Gasteiger partial charge in [0.15, 0.2) is 0 Å². The minimum Gasteiger partial charge on any atom is -0.489 e. The molecule has 1 fully saturated rings. The number of ether oxygens (including phenoxy) is 1. The van der Waals surface area contributed by atoms with Crippen molar-refractivity contribution in [2.75, 3.05) is 13.1 Å². The molecule has 2 aromatic rings. The molecule has 0 unspecified atom stereocenters. The van der Waals surface area contributed by atoms with Crippen molar-refractivity contribution in [3.63, 3.8) is 0 Å². The second kappa shape index (κ2) is 7.04. The molecule has 0 aromatic heterocycles. The van der Waals surface area contributed by atoms with Gasteiger partial charge in [0.1, 0.15) is 30.2 Å². The largest absolute Gasteiger partial charge is 0.489 e. The van der Waals surface area contributed by atoms with Gasteiger partial charge in [-0.2, -0.15) is 0 Å². The summed E-state index contributed by atoms with van der Waals surface area (Å²) in [4.78, 5) is 1.90. The highest BCUT2D eigenvalue weighted by Crippen LogP contribution is 2.21. The summed E-state index contributed by atoms with van der Waals surface area (Å²) < 4.78 is 45.9. The van der Waals surface area contributed by atoms with Crippen molar-refractivity contribution in [2.45, 2.75) is 25.7 Å². The summed E-state index contributed by atoms with van der Waals surface area (Å²) in [5.41, 5.74) is 1.21. The van der Waals surface area contributed by atoms with Crippen LogP contribution in [0.3, 0.4) is 0 Å². The number of alkyl halides is 1. The molecule has 1 heterocycles. The van der Waals surface area contributed by atoms with Crippen LogP contribution in [-0.2, 0) is 13.2 Å². The molecule has 23 heavy (non-hydrogen) atoms. The van der Waals surface area contributed by atoms with Crippen LogP contribution in [0.4, 0.5) is 13.2 Å². The van der Waals surface area contributed by atoms with E-state index in [1.165, 1.54) is 18.2 Å². The lowest BCUT2D eigenvalue weighted by Gasteiger charge is -2.15. The first-order valence-corrected chi connectivity index (χ1v) is 7.62. The van der Waals surface area contributed by atoms with Crippen LogP contribution in [-0.4, -0.2) is 24.2 Å². The van der Waals surface area contributed by atoms with Gasteiger partial charge in [-0.3, -0.25) is 4.90 Å². The number of likely N-dealkylation sites (tertiary alicyclic amines) is 1. The minimum atomic E-state index is -0.813. The summed E-state index contributed by atoms with van der Waals surface area (Å²) in [6, 6.07) is 10.7. The van der Waals surface area contributed by atoms with Gasteiger partial charge in [0.05, 0.1) is 0 Å². The summed E-state index contributed by atoms with van der Waals surface area (Å²) in [5, 5.41) is 0. The Balaban J connectivity index is 1.60. The molecule has 1 atom stereocenters. The molecule has 1 saturated heterocycles. The van der Waals surface area contributed by atoms with Gasteiger partial charge in [0.2, 0.25) is 0 Å². The first-order chi connectivity index (χ1) is 11.1. The van der Waals surface area contributed by atoms with Gasteiger partial charge >= 0.3 is 0 Å². The van der Waals surface area contributed by atoms with Gasteiger partial charge in [0.25, 0.3) is 0 Å². The molecule has 0 saturated carbocycles. The molecule has 0 bridgehead atoms. The van der Waals surface area contributed by atoms with Crippen LogP contribution in [0.15, 0.2) is 42.5 Å². The average Bonchev–Trinajstić information content (AvgIpc) is 2.93. The Hall–Kier alpha value is -2.01. The van der Waals surface area contributed by atoms with Crippen molar-refractivity contribution in [2.24, 2.45) is 0 Å². The van der Waals surface area contributed by atoms with Crippen LogP contribution in [0.5, 0.6) is 5.75 Å². The third kappa shape index (κ3) is 4.26. The molecule has 0 amide bonds. The van der Waals surface area contributed by atoms with Crippen LogP contribution in [0.25, 0.3) is 0 Å². The fourth-order valence-electron chi connectivity index (χ4n) is 2.71. The Morgan fingerprint density at radius 2 is 2.00 bits per heavy atom. The number of rotatable bonds is 5. The predicted octanol–water partition coefficient (Wildman–Crippen LogP) is 4.09. The Morgan fingerprint density at radius 1 is 1.13 bits per heavy atom. The van der Waals surface area contributed by atoms with Crippen molar-refractivity contribution in [3.05, 3.63) is 65.2 Å². The Morgan fingerprint density at radius 3 is 2.70 bits per heavy atom. The lowest BCUT2D eigenvalue weighted by molar-refractivity contribution is 0.278. The molecular weight excluding hydrogens is 303 g/mol. The molecule has 1 aliphatic rings. The average molecular weight is 321 g/mol. The van der Waals surface area contributed by atoms with Crippen LogP contribution < -0.4 is 4.74 Å². The maximum absolute atomic E-state index is 14.1. The highest BCUT2D eigenvalue weighted by molar-refractivity contribution is 5.29. The molecule has 2 nitrogen and oxygen atoms in total. The molecule has 0 aliphatic carbocycles. The lowest BCUT2D eigenvalue weighted by atomic mass is 10.2. The molecule has 5 heteroatoms. The maximum Gasteiger partial charge on any atom is 0.131 e. The monoisotopic (exact) mass is 321 g/mol. The third-order valence-corrected chi connectivity index (χ3v) is 3.93. The first kappa shape index (κ1) is 15.9. The Labute approximate surface area is 133 Å². The van der Waals surface area contributed by atoms with Gasteiger partial charge in [-0.1, -0.05) is 18.2 Å². The Bertz CT molecular complexity index is 677. The molecule has 122 valence electrons. The van der Waals surface area contributed by atoms with Crippen molar-refractivity contribution in [1.82, 2.24) is 4.90 Å². The molecule has 0 spiro atoms. The zero-order chi connectivity index (χ0) is 16.2. The maximum atomic E-state index is 14.1. The number of hydrogen-bond acceptors (Lipinski definition) is 2. The standard InChI is InChI=1S/C18H18F3NO/c19-15-3-1-2-13(8-15)12-23-17-5-4-14(18(21)9-17)10-22-7-6-16(20)11-22/h1-5,8-9,16H,6-7,10-12H2/t16-/m1/s1. The smallest absolute Gasteiger partial charge is 0.131 e. The summed E-state index contributed by atoms with van der Waals surface area (Å²) in [6.45, 7) is 1.58. The van der Waals surface area contributed by atoms with E-state index in [0.29, 0.717) is 42.9 Å². The normalized spacial score (nSPS) is 18.3. The molecular formula is C18H18F3NO. The van der Waals surface area contributed by atoms with Crippen molar-refractivity contribution >= 4 is 0 Å². The van der Waals surface area contributed by atoms with Gasteiger partial charge in [0, 0.05) is 31.3 Å². The molecule has 3 rings (SSSR count). The van der Waals surface area contributed by atoms with Crippen molar-refractivity contribution in [3.8, 4) is 5.75 Å². The van der Waals surface area contributed by atoms with E-state index in [9.17, 15) is 13.2 Å². The number of benzene rings is 2. The highest BCUT2D eigenvalue weighted by atomic mass is 19.1. The number of halogens is 3. The van der Waals surface area contributed by atoms with E-state index >= 15 is 0 Å². The van der Waals surface area contributed by atoms with E-state index in [0.717, 1.165) is 0 Å². The second-order valence-corrected chi connectivity index (χ2v) is 5.79. The molecule has 2 aromatic carbocycles. The fraction of sp³-hybridized carbons (Fsp3) is 0.333. The number of nitrogens with zero attached hydrogens (tertiary/aromatic N) is 1. The highest BCUT2D eigenvalue weighted by Gasteiger charge is 2.22. The van der Waals surface area contributed by atoms with Gasteiger partial charge in [-0.15, -0.1) is 0 Å². The van der Waals surface area contributed by atoms with E-state index in [-0.39, 0.29) is 18.2 Å². The van der Waals surface area contributed by atoms with E-state index in [1.807, 2.05) is 4.90 Å². The van der Waals surface area contributed by atoms with E-state index < -0.39 is 6.17 Å². The first-order valence-electron chi connectivity index (χ1n) is 7.62. The second-order valence-electron chi connectivity index (χ2n) is 5.79. The van der Waals surface area contributed by atoms with Gasteiger partial charge < -0.3 is 4.74 Å². The number of hydrogen-bond donors (Lipinski definition) is 0. The van der Waals surface area contributed by atoms with Gasteiger partial charge in [-0.25, -0.2) is 13.2 Å². The minimum absolute atomic E-state index is 0.173. The topological polar surface area (TPSA) is 12.5 Å². The fourth-order valence-corrected chi connectivity index (χ4v) is 2.71. The van der Waals surface area contributed by atoms with Crippen molar-refractivity contribution in [1.29, 1.82) is 0 Å². The van der Waals surface area contributed by atoms with E-state index in [2.05, 4.69) is 0 Å². The lowest BCUT2D eigenvalue weighted by Crippen LogP contribution is -2.21. The molecule has 0 radical (unpaired) electrons. The third-order valence-electron chi connectivity index (χ3n) is 3.93. The predicted molar refractivity (Wildman–Crippen MR) is 81.9 cm³/mol. The Kier molecular flexibility index (Phi) is 4.86. The summed E-state index contributed by atoms with van der Waals surface area (Å²) in [5.74, 6) is -0.311. The van der Waals surface area contributed by atoms with Crippen molar-refractivity contribution < 1.29 is 17.9 Å². The van der Waals surface area contributed by atoms with Crippen LogP contribution >= 0.6 is 0 Å². The SMILES string of the molecule is Fc1cccc(COc2ccc(CN3CC[C@@H](F)C3)c(F)c2)c1. The molecule has 1 aliphatic heterocycles. The quantitative estimate of drug-likeness (QED) is 0.822. The summed E-state index contributed by atoms with van der Waals surface area (Å²) in [6.07, 6.45) is -0.303. The van der Waals surface area contributed by atoms with Crippen LogP contribution in [0.1, 0.15) is 17.5 Å². The summed E-state index contributed by atoms with van der Waals surface area (Å²) in [7, 11) is 0.